The second-order valence-electron chi connectivity index (χ2n) is 5.10. The van der Waals surface area contributed by atoms with Crippen molar-refractivity contribution < 1.29 is 14.9 Å². The molecule has 1 heterocycles. The van der Waals surface area contributed by atoms with Crippen LogP contribution in [0.1, 0.15) is 32.6 Å². The molecule has 2 aliphatic rings. The van der Waals surface area contributed by atoms with E-state index in [1.165, 1.54) is 6.42 Å². The molecule has 2 N–H and O–H groups in total. The van der Waals surface area contributed by atoms with E-state index in [4.69, 9.17) is 9.84 Å². The van der Waals surface area contributed by atoms with Gasteiger partial charge in [-0.3, -0.25) is 4.90 Å². The standard InChI is InChI=1S/C12H23NO3/c1-9-8-16-10(7-14)6-13(9)11-4-2-3-5-12(11)15/h9-12,14-15H,2-8H2,1H3/t9?,10?,11-,12-/m0/s1. The minimum atomic E-state index is -0.200. The second kappa shape index (κ2) is 5.45. The van der Waals surface area contributed by atoms with Gasteiger partial charge in [-0.25, -0.2) is 0 Å². The van der Waals surface area contributed by atoms with E-state index in [-0.39, 0.29) is 24.9 Å². The van der Waals surface area contributed by atoms with Crippen LogP contribution in [-0.4, -0.2) is 59.2 Å². The van der Waals surface area contributed by atoms with E-state index in [0.29, 0.717) is 12.6 Å². The Morgan fingerprint density at radius 2 is 2.06 bits per heavy atom. The van der Waals surface area contributed by atoms with Gasteiger partial charge in [0, 0.05) is 18.6 Å². The third kappa shape index (κ3) is 2.56. The summed E-state index contributed by atoms with van der Waals surface area (Å²) in [6.07, 6.45) is 4.05. The first-order valence-electron chi connectivity index (χ1n) is 6.38. The van der Waals surface area contributed by atoms with Crippen LogP contribution in [0.15, 0.2) is 0 Å². The lowest BCUT2D eigenvalue weighted by Crippen LogP contribution is -2.57. The molecule has 2 rings (SSSR count). The minimum Gasteiger partial charge on any atom is -0.394 e. The summed E-state index contributed by atoms with van der Waals surface area (Å²) < 4.78 is 5.52. The van der Waals surface area contributed by atoms with E-state index in [2.05, 4.69) is 11.8 Å². The number of nitrogens with zero attached hydrogens (tertiary/aromatic N) is 1. The average molecular weight is 229 g/mol. The SMILES string of the molecule is CC1COC(CO)CN1[C@H]1CCCC[C@@H]1O. The third-order valence-corrected chi connectivity index (χ3v) is 3.88. The normalized spacial score (nSPS) is 42.2. The Hall–Kier alpha value is -0.160. The summed E-state index contributed by atoms with van der Waals surface area (Å²) in [4.78, 5) is 2.33. The molecule has 2 fully saturated rings. The van der Waals surface area contributed by atoms with Gasteiger partial charge in [0.1, 0.15) is 0 Å². The third-order valence-electron chi connectivity index (χ3n) is 3.88. The second-order valence-corrected chi connectivity index (χ2v) is 5.10. The molecule has 4 heteroatoms. The van der Waals surface area contributed by atoms with Gasteiger partial charge in [0.2, 0.25) is 0 Å². The van der Waals surface area contributed by atoms with Crippen molar-refractivity contribution in [2.75, 3.05) is 19.8 Å². The van der Waals surface area contributed by atoms with Crippen LogP contribution >= 0.6 is 0 Å². The van der Waals surface area contributed by atoms with Crippen molar-refractivity contribution in [3.05, 3.63) is 0 Å². The number of ether oxygens (including phenoxy) is 1. The maximum atomic E-state index is 10.1. The summed E-state index contributed by atoms with van der Waals surface area (Å²) >= 11 is 0. The minimum absolute atomic E-state index is 0.0754. The summed E-state index contributed by atoms with van der Waals surface area (Å²) in [6, 6.07) is 0.613. The lowest BCUT2D eigenvalue weighted by atomic mass is 9.90. The molecule has 0 spiro atoms. The zero-order valence-electron chi connectivity index (χ0n) is 10.0. The van der Waals surface area contributed by atoms with Crippen molar-refractivity contribution in [1.82, 2.24) is 4.90 Å². The predicted octanol–water partition coefficient (Wildman–Crippen LogP) is 0.371. The van der Waals surface area contributed by atoms with E-state index in [1.54, 1.807) is 0 Å². The van der Waals surface area contributed by atoms with Gasteiger partial charge in [-0.1, -0.05) is 12.8 Å². The van der Waals surface area contributed by atoms with E-state index in [0.717, 1.165) is 25.8 Å². The van der Waals surface area contributed by atoms with Gasteiger partial charge in [-0.2, -0.15) is 0 Å². The van der Waals surface area contributed by atoms with Crippen LogP contribution in [0.3, 0.4) is 0 Å². The summed E-state index contributed by atoms with van der Waals surface area (Å²) in [5.74, 6) is 0. The van der Waals surface area contributed by atoms with Crippen molar-refractivity contribution in [3.8, 4) is 0 Å². The number of aliphatic hydroxyl groups excluding tert-OH is 2. The van der Waals surface area contributed by atoms with Gasteiger partial charge in [0.05, 0.1) is 25.4 Å². The Morgan fingerprint density at radius 3 is 2.75 bits per heavy atom. The van der Waals surface area contributed by atoms with Crippen molar-refractivity contribution >= 4 is 0 Å². The van der Waals surface area contributed by atoms with E-state index in [1.807, 2.05) is 0 Å². The number of morpholine rings is 1. The first kappa shape index (κ1) is 12.3. The highest BCUT2D eigenvalue weighted by Gasteiger charge is 2.35. The topological polar surface area (TPSA) is 52.9 Å². The van der Waals surface area contributed by atoms with Crippen molar-refractivity contribution in [3.63, 3.8) is 0 Å². The zero-order chi connectivity index (χ0) is 11.5. The largest absolute Gasteiger partial charge is 0.394 e. The summed E-state index contributed by atoms with van der Waals surface area (Å²) in [7, 11) is 0. The van der Waals surface area contributed by atoms with Crippen LogP contribution in [0.2, 0.25) is 0 Å². The molecule has 1 aliphatic carbocycles. The fourth-order valence-corrected chi connectivity index (χ4v) is 2.89. The van der Waals surface area contributed by atoms with Crippen LogP contribution in [0.4, 0.5) is 0 Å². The lowest BCUT2D eigenvalue weighted by Gasteiger charge is -2.45. The average Bonchev–Trinajstić information content (AvgIpc) is 2.31. The van der Waals surface area contributed by atoms with Crippen molar-refractivity contribution in [2.45, 2.75) is 56.9 Å². The Labute approximate surface area is 97.2 Å². The molecule has 0 bridgehead atoms. The van der Waals surface area contributed by atoms with Gasteiger partial charge in [-0.15, -0.1) is 0 Å². The van der Waals surface area contributed by atoms with Crippen LogP contribution in [0, 0.1) is 0 Å². The van der Waals surface area contributed by atoms with E-state index < -0.39 is 0 Å². The molecule has 0 aromatic rings. The highest BCUT2D eigenvalue weighted by Crippen LogP contribution is 2.26. The number of hydrogen-bond acceptors (Lipinski definition) is 4. The van der Waals surface area contributed by atoms with Crippen molar-refractivity contribution in [1.29, 1.82) is 0 Å². The van der Waals surface area contributed by atoms with Crippen LogP contribution in [0.5, 0.6) is 0 Å². The Bertz CT molecular complexity index is 224. The lowest BCUT2D eigenvalue weighted by molar-refractivity contribution is -0.113. The fourth-order valence-electron chi connectivity index (χ4n) is 2.89. The Balaban J connectivity index is 1.99. The number of rotatable bonds is 2. The molecule has 0 amide bonds. The number of hydrogen-bond donors (Lipinski definition) is 2. The summed E-state index contributed by atoms with van der Waals surface area (Å²) in [6.45, 7) is 3.62. The monoisotopic (exact) mass is 229 g/mol. The molecule has 1 saturated heterocycles. The predicted molar refractivity (Wildman–Crippen MR) is 61.3 cm³/mol. The van der Waals surface area contributed by atoms with Crippen LogP contribution in [-0.2, 0) is 4.74 Å². The van der Waals surface area contributed by atoms with Crippen LogP contribution in [0.25, 0.3) is 0 Å². The molecule has 16 heavy (non-hydrogen) atoms. The molecular weight excluding hydrogens is 206 g/mol. The molecule has 4 atom stereocenters. The Morgan fingerprint density at radius 1 is 1.31 bits per heavy atom. The molecular formula is C12H23NO3. The molecule has 94 valence electrons. The van der Waals surface area contributed by atoms with Gasteiger partial charge in [-0.05, 0) is 19.8 Å². The van der Waals surface area contributed by atoms with Gasteiger partial charge in [0.25, 0.3) is 0 Å². The molecule has 4 nitrogen and oxygen atoms in total. The van der Waals surface area contributed by atoms with Crippen LogP contribution < -0.4 is 0 Å². The first-order valence-corrected chi connectivity index (χ1v) is 6.38. The van der Waals surface area contributed by atoms with Gasteiger partial charge < -0.3 is 14.9 Å². The molecule has 0 radical (unpaired) electrons. The maximum absolute atomic E-state index is 10.1. The highest BCUT2D eigenvalue weighted by molar-refractivity contribution is 4.89. The highest BCUT2D eigenvalue weighted by atomic mass is 16.5. The molecule has 1 saturated carbocycles. The first-order chi connectivity index (χ1) is 7.72. The molecule has 1 aliphatic heterocycles. The maximum Gasteiger partial charge on any atom is 0.0933 e. The molecule has 0 aromatic carbocycles. The smallest absolute Gasteiger partial charge is 0.0933 e. The molecule has 0 aromatic heterocycles. The van der Waals surface area contributed by atoms with E-state index >= 15 is 0 Å². The van der Waals surface area contributed by atoms with Crippen molar-refractivity contribution in [2.24, 2.45) is 0 Å². The van der Waals surface area contributed by atoms with Gasteiger partial charge in [0.15, 0.2) is 0 Å². The summed E-state index contributed by atoms with van der Waals surface area (Å²) in [5, 5.41) is 19.2. The Kier molecular flexibility index (Phi) is 4.19. The van der Waals surface area contributed by atoms with Gasteiger partial charge >= 0.3 is 0 Å². The fraction of sp³-hybridized carbons (Fsp3) is 1.00. The zero-order valence-corrected chi connectivity index (χ0v) is 10.0. The van der Waals surface area contributed by atoms with E-state index in [9.17, 15) is 5.11 Å². The molecule has 2 unspecified atom stereocenters. The summed E-state index contributed by atoms with van der Waals surface area (Å²) in [5.41, 5.74) is 0. The number of aliphatic hydroxyl groups is 2. The quantitative estimate of drug-likeness (QED) is 0.718.